The number of aryl methyl sites for hydroxylation is 1. The number of alkyl halides is 3. The van der Waals surface area contributed by atoms with E-state index in [1.54, 1.807) is 18.2 Å². The summed E-state index contributed by atoms with van der Waals surface area (Å²) in [5.41, 5.74) is 2.11. The zero-order valence-corrected chi connectivity index (χ0v) is 13.4. The van der Waals surface area contributed by atoms with E-state index in [0.717, 1.165) is 11.3 Å². The van der Waals surface area contributed by atoms with Crippen molar-refractivity contribution >= 4 is 17.5 Å². The number of nitrogens with zero attached hydrogens (tertiary/aromatic N) is 1. The first-order valence-corrected chi connectivity index (χ1v) is 7.71. The highest BCUT2D eigenvalue weighted by atomic mass is 19.4. The average Bonchev–Trinajstić information content (AvgIpc) is 2.49. The van der Waals surface area contributed by atoms with Gasteiger partial charge in [0.25, 0.3) is 5.91 Å². The Morgan fingerprint density at radius 2 is 2.08 bits per heavy atom. The molecule has 2 rings (SSSR count). The highest BCUT2D eigenvalue weighted by molar-refractivity contribution is 5.97. The van der Waals surface area contributed by atoms with Crippen LogP contribution in [0.15, 0.2) is 18.2 Å². The molecular formula is C16H20F3N3O2. The summed E-state index contributed by atoms with van der Waals surface area (Å²) in [6, 6.07) is 5.05. The highest BCUT2D eigenvalue weighted by Gasteiger charge is 2.28. The van der Waals surface area contributed by atoms with Gasteiger partial charge in [0.05, 0.1) is 6.54 Å². The van der Waals surface area contributed by atoms with Crippen LogP contribution in [-0.2, 0) is 11.2 Å². The Labute approximate surface area is 138 Å². The quantitative estimate of drug-likeness (QED) is 0.779. The number of hydrogen-bond acceptors (Lipinski definition) is 3. The van der Waals surface area contributed by atoms with Gasteiger partial charge in [0.15, 0.2) is 0 Å². The van der Waals surface area contributed by atoms with E-state index in [0.29, 0.717) is 31.4 Å². The van der Waals surface area contributed by atoms with Crippen LogP contribution < -0.4 is 10.6 Å². The van der Waals surface area contributed by atoms with Gasteiger partial charge in [0.2, 0.25) is 5.91 Å². The van der Waals surface area contributed by atoms with Crippen LogP contribution >= 0.6 is 0 Å². The van der Waals surface area contributed by atoms with Gasteiger partial charge in [0.1, 0.15) is 0 Å². The maximum atomic E-state index is 12.2. The molecule has 0 unspecified atom stereocenters. The van der Waals surface area contributed by atoms with E-state index in [9.17, 15) is 22.8 Å². The number of carbonyl (C=O) groups is 2. The molecule has 1 aliphatic rings. The van der Waals surface area contributed by atoms with Crippen molar-refractivity contribution in [1.82, 2.24) is 10.2 Å². The highest BCUT2D eigenvalue weighted by Crippen LogP contribution is 2.23. The number of rotatable bonds is 6. The number of fused-ring (bicyclic) bond motifs is 1. The average molecular weight is 343 g/mol. The summed E-state index contributed by atoms with van der Waals surface area (Å²) in [6.07, 6.45) is -2.80. The van der Waals surface area contributed by atoms with E-state index in [4.69, 9.17) is 0 Å². The topological polar surface area (TPSA) is 61.4 Å². The molecule has 8 heteroatoms. The Hall–Kier alpha value is -2.09. The first-order chi connectivity index (χ1) is 11.2. The lowest BCUT2D eigenvalue weighted by atomic mass is 10.00. The summed E-state index contributed by atoms with van der Waals surface area (Å²) in [5.74, 6) is -0.309. The smallest absolute Gasteiger partial charge is 0.352 e. The van der Waals surface area contributed by atoms with Crippen molar-refractivity contribution < 1.29 is 22.8 Å². The van der Waals surface area contributed by atoms with Crippen LogP contribution in [-0.4, -0.2) is 49.6 Å². The molecule has 5 nitrogen and oxygen atoms in total. The Morgan fingerprint density at radius 3 is 2.79 bits per heavy atom. The lowest BCUT2D eigenvalue weighted by Gasteiger charge is -2.19. The molecule has 0 radical (unpaired) electrons. The zero-order chi connectivity index (χ0) is 17.7. The second-order valence-electron chi connectivity index (χ2n) is 5.88. The van der Waals surface area contributed by atoms with Gasteiger partial charge in [-0.25, -0.2) is 0 Å². The van der Waals surface area contributed by atoms with E-state index in [1.165, 1.54) is 11.9 Å². The van der Waals surface area contributed by atoms with Crippen LogP contribution in [0.25, 0.3) is 0 Å². The van der Waals surface area contributed by atoms with Crippen molar-refractivity contribution in [3.63, 3.8) is 0 Å². The fraction of sp³-hybridized carbons (Fsp3) is 0.500. The molecule has 1 aromatic carbocycles. The van der Waals surface area contributed by atoms with Crippen LogP contribution in [0.3, 0.4) is 0 Å². The normalized spacial score (nSPS) is 14.3. The van der Waals surface area contributed by atoms with Crippen molar-refractivity contribution in [2.45, 2.75) is 25.4 Å². The first-order valence-electron chi connectivity index (χ1n) is 7.71. The monoisotopic (exact) mass is 343 g/mol. The summed E-state index contributed by atoms with van der Waals surface area (Å²) in [7, 11) is 1.40. The zero-order valence-electron chi connectivity index (χ0n) is 13.4. The van der Waals surface area contributed by atoms with Crippen LogP contribution in [0.5, 0.6) is 0 Å². The van der Waals surface area contributed by atoms with Crippen LogP contribution in [0.1, 0.15) is 28.8 Å². The SMILES string of the molecule is CN(CCCNC(=O)c1ccc2c(c1)CCC(=O)N2)CC(F)(F)F. The molecule has 1 aromatic rings. The Morgan fingerprint density at radius 1 is 1.33 bits per heavy atom. The minimum Gasteiger partial charge on any atom is -0.352 e. The number of benzene rings is 1. The number of nitrogens with one attached hydrogen (secondary N) is 2. The number of hydrogen-bond donors (Lipinski definition) is 2. The standard InChI is InChI=1S/C16H20F3N3O2/c1-22(10-16(17,18)19)8-2-7-20-15(24)12-3-5-13-11(9-12)4-6-14(23)21-13/h3,5,9H,2,4,6-8,10H2,1H3,(H,20,24)(H,21,23). The summed E-state index contributed by atoms with van der Waals surface area (Å²) in [4.78, 5) is 24.5. The molecule has 0 saturated carbocycles. The van der Waals surface area contributed by atoms with Gasteiger partial charge < -0.3 is 10.6 Å². The second kappa shape index (κ2) is 7.65. The predicted octanol–water partition coefficient (Wildman–Crippen LogP) is 2.19. The number of carbonyl (C=O) groups excluding carboxylic acids is 2. The van der Waals surface area contributed by atoms with Crippen LogP contribution in [0.2, 0.25) is 0 Å². The molecule has 0 atom stereocenters. The van der Waals surface area contributed by atoms with Gasteiger partial charge in [-0.1, -0.05) is 0 Å². The minimum absolute atomic E-state index is 0.0392. The largest absolute Gasteiger partial charge is 0.401 e. The van der Waals surface area contributed by atoms with Gasteiger partial charge >= 0.3 is 6.18 Å². The molecule has 1 aliphatic heterocycles. The maximum absolute atomic E-state index is 12.2. The van der Waals surface area contributed by atoms with Gasteiger partial charge in [-0.05, 0) is 50.2 Å². The molecule has 0 fully saturated rings. The van der Waals surface area contributed by atoms with Crippen molar-refractivity contribution in [2.24, 2.45) is 0 Å². The molecule has 0 saturated heterocycles. The van der Waals surface area contributed by atoms with Crippen molar-refractivity contribution in [3.8, 4) is 0 Å². The second-order valence-corrected chi connectivity index (χ2v) is 5.88. The molecular weight excluding hydrogens is 323 g/mol. The molecule has 1 heterocycles. The molecule has 132 valence electrons. The van der Waals surface area contributed by atoms with Gasteiger partial charge in [-0.3, -0.25) is 14.5 Å². The number of anilines is 1. The first kappa shape index (κ1) is 18.3. The summed E-state index contributed by atoms with van der Waals surface area (Å²) < 4.78 is 36.6. The fourth-order valence-corrected chi connectivity index (χ4v) is 2.56. The summed E-state index contributed by atoms with van der Waals surface area (Å²) in [6.45, 7) is -0.414. The van der Waals surface area contributed by atoms with Gasteiger partial charge in [0, 0.05) is 24.2 Å². The summed E-state index contributed by atoms with van der Waals surface area (Å²) in [5, 5.41) is 5.44. The van der Waals surface area contributed by atoms with Crippen molar-refractivity contribution in [1.29, 1.82) is 0 Å². The lowest BCUT2D eigenvalue weighted by Crippen LogP contribution is -2.33. The van der Waals surface area contributed by atoms with E-state index in [2.05, 4.69) is 10.6 Å². The number of amides is 2. The lowest BCUT2D eigenvalue weighted by molar-refractivity contribution is -0.143. The maximum Gasteiger partial charge on any atom is 0.401 e. The van der Waals surface area contributed by atoms with Gasteiger partial charge in [-0.15, -0.1) is 0 Å². The molecule has 0 aliphatic carbocycles. The van der Waals surface area contributed by atoms with Crippen molar-refractivity contribution in [2.75, 3.05) is 32.0 Å². The van der Waals surface area contributed by atoms with E-state index < -0.39 is 12.7 Å². The van der Waals surface area contributed by atoms with Crippen molar-refractivity contribution in [3.05, 3.63) is 29.3 Å². The molecule has 24 heavy (non-hydrogen) atoms. The third-order valence-electron chi connectivity index (χ3n) is 3.71. The van der Waals surface area contributed by atoms with Gasteiger partial charge in [-0.2, -0.15) is 13.2 Å². The molecule has 2 amide bonds. The molecule has 0 bridgehead atoms. The molecule has 0 aromatic heterocycles. The number of halogens is 3. The third kappa shape index (κ3) is 5.52. The Bertz CT molecular complexity index is 617. The van der Waals surface area contributed by atoms with E-state index in [1.807, 2.05) is 0 Å². The third-order valence-corrected chi connectivity index (χ3v) is 3.71. The minimum atomic E-state index is -4.21. The predicted molar refractivity (Wildman–Crippen MR) is 83.9 cm³/mol. The molecule has 2 N–H and O–H groups in total. The summed E-state index contributed by atoms with van der Waals surface area (Å²) >= 11 is 0. The van der Waals surface area contributed by atoms with E-state index >= 15 is 0 Å². The van der Waals surface area contributed by atoms with Crippen LogP contribution in [0, 0.1) is 0 Å². The Kier molecular flexibility index (Phi) is 5.82. The molecule has 0 spiro atoms. The fourth-order valence-electron chi connectivity index (χ4n) is 2.56. The van der Waals surface area contributed by atoms with Crippen LogP contribution in [0.4, 0.5) is 18.9 Å². The van der Waals surface area contributed by atoms with E-state index in [-0.39, 0.29) is 18.4 Å². The Balaban J connectivity index is 1.78.